The summed E-state index contributed by atoms with van der Waals surface area (Å²) in [5.74, 6) is -0.359. The molecule has 12 heteroatoms. The van der Waals surface area contributed by atoms with E-state index in [0.717, 1.165) is 23.4 Å². The maximum atomic E-state index is 15.0. The zero-order valence-corrected chi connectivity index (χ0v) is 21.7. The first-order valence-electron chi connectivity index (χ1n) is 12.9. The lowest BCUT2D eigenvalue weighted by Gasteiger charge is -2.23. The highest BCUT2D eigenvalue weighted by atomic mass is 19.4. The molecule has 1 aliphatic carbocycles. The molecule has 0 spiro atoms. The third-order valence-electron chi connectivity index (χ3n) is 7.36. The van der Waals surface area contributed by atoms with E-state index in [4.69, 9.17) is 4.74 Å². The van der Waals surface area contributed by atoms with E-state index in [1.165, 1.54) is 19.1 Å². The van der Waals surface area contributed by atoms with Crippen LogP contribution in [0.3, 0.4) is 0 Å². The summed E-state index contributed by atoms with van der Waals surface area (Å²) >= 11 is 0. The zero-order chi connectivity index (χ0) is 29.7. The Kier molecular flexibility index (Phi) is 7.47. The number of rotatable bonds is 7. The summed E-state index contributed by atoms with van der Waals surface area (Å²) in [7, 11) is 0. The maximum Gasteiger partial charge on any atom is 0.416 e. The first-order chi connectivity index (χ1) is 19.3. The van der Waals surface area contributed by atoms with Crippen LogP contribution in [0.1, 0.15) is 65.4 Å². The fraction of sp³-hybridized carbons (Fsp3) is 0.379. The van der Waals surface area contributed by atoms with Crippen molar-refractivity contribution in [3.8, 4) is 11.1 Å². The minimum atomic E-state index is -5.06. The second kappa shape index (κ2) is 10.6. The van der Waals surface area contributed by atoms with Crippen LogP contribution < -0.4 is 0 Å². The van der Waals surface area contributed by atoms with E-state index >= 15 is 0 Å². The van der Waals surface area contributed by atoms with Gasteiger partial charge in [0.2, 0.25) is 0 Å². The van der Waals surface area contributed by atoms with Gasteiger partial charge in [0.15, 0.2) is 0 Å². The van der Waals surface area contributed by atoms with Gasteiger partial charge in [-0.15, -0.1) is 0 Å². The first kappa shape index (κ1) is 28.8. The van der Waals surface area contributed by atoms with Crippen LogP contribution in [0.5, 0.6) is 0 Å². The normalized spacial score (nSPS) is 19.5. The quantitative estimate of drug-likeness (QED) is 0.295. The Morgan fingerprint density at radius 3 is 2.20 bits per heavy atom. The number of carbonyl (C=O) groups is 1. The van der Waals surface area contributed by atoms with Crippen LogP contribution in [0.25, 0.3) is 11.1 Å². The number of halogens is 7. The summed E-state index contributed by atoms with van der Waals surface area (Å²) in [5, 5.41) is 9.31. The number of cyclic esters (lactones) is 1. The molecule has 1 saturated heterocycles. The molecule has 1 amide bonds. The van der Waals surface area contributed by atoms with Gasteiger partial charge < -0.3 is 9.84 Å². The predicted molar refractivity (Wildman–Crippen MR) is 133 cm³/mol. The van der Waals surface area contributed by atoms with E-state index in [0.29, 0.717) is 29.0 Å². The Morgan fingerprint density at radius 2 is 1.61 bits per heavy atom. The summed E-state index contributed by atoms with van der Waals surface area (Å²) in [6.07, 6.45) is -10.4. The molecule has 0 bridgehead atoms. The van der Waals surface area contributed by atoms with Gasteiger partial charge in [0, 0.05) is 29.3 Å². The van der Waals surface area contributed by atoms with Gasteiger partial charge in [-0.3, -0.25) is 9.88 Å². The standard InChI is InChI=1S/C29H25F7N2O3/c1-15-26(18-11-19(28(31,32)33)13-20(12-18)29(34,35)36)41-27(40)38(15)14-25-21(5-7-24(37-25)17-3-4-17)22-10-16(8-9-39)2-6-23(22)30/h2,5-7,10-13,15,17,26,39H,3-4,8-9,14H2,1H3. The highest BCUT2D eigenvalue weighted by Crippen LogP contribution is 2.43. The van der Waals surface area contributed by atoms with Crippen LogP contribution >= 0.6 is 0 Å². The van der Waals surface area contributed by atoms with Gasteiger partial charge in [-0.25, -0.2) is 9.18 Å². The number of aromatic nitrogens is 1. The van der Waals surface area contributed by atoms with Crippen molar-refractivity contribution in [3.05, 3.63) is 88.0 Å². The van der Waals surface area contributed by atoms with Crippen molar-refractivity contribution < 1.29 is 45.4 Å². The van der Waals surface area contributed by atoms with Gasteiger partial charge in [0.1, 0.15) is 11.9 Å². The molecule has 3 aromatic rings. The average Bonchev–Trinajstić information content (AvgIpc) is 3.71. The maximum absolute atomic E-state index is 15.0. The predicted octanol–water partition coefficient (Wildman–Crippen LogP) is 7.42. The first-order valence-corrected chi connectivity index (χ1v) is 12.9. The molecule has 2 unspecified atom stereocenters. The Labute approximate surface area is 230 Å². The Morgan fingerprint density at radius 1 is 0.951 bits per heavy atom. The molecule has 41 heavy (non-hydrogen) atoms. The summed E-state index contributed by atoms with van der Waals surface area (Å²) < 4.78 is 101. The molecule has 1 aliphatic heterocycles. The van der Waals surface area contributed by atoms with Crippen LogP contribution in [0, 0.1) is 5.82 Å². The van der Waals surface area contributed by atoms with Gasteiger partial charge in [-0.1, -0.05) is 12.1 Å². The van der Waals surface area contributed by atoms with Gasteiger partial charge >= 0.3 is 18.4 Å². The Hall–Kier alpha value is -3.67. The lowest BCUT2D eigenvalue weighted by atomic mass is 9.96. The largest absolute Gasteiger partial charge is 0.439 e. The van der Waals surface area contributed by atoms with E-state index in [9.17, 15) is 40.6 Å². The molecular weight excluding hydrogens is 557 g/mol. The molecule has 1 saturated carbocycles. The highest BCUT2D eigenvalue weighted by molar-refractivity contribution is 5.73. The van der Waals surface area contributed by atoms with Crippen LogP contribution in [-0.2, 0) is 30.1 Å². The zero-order valence-electron chi connectivity index (χ0n) is 21.7. The number of hydrogen-bond acceptors (Lipinski definition) is 4. The molecule has 2 heterocycles. The lowest BCUT2D eigenvalue weighted by molar-refractivity contribution is -0.143. The van der Waals surface area contributed by atoms with Crippen molar-refractivity contribution in [2.24, 2.45) is 0 Å². The third-order valence-corrected chi connectivity index (χ3v) is 7.36. The van der Waals surface area contributed by atoms with Crippen LogP contribution in [0.15, 0.2) is 48.5 Å². The second-order valence-electron chi connectivity index (χ2n) is 10.3. The minimum absolute atomic E-state index is 0.0156. The van der Waals surface area contributed by atoms with Crippen molar-refractivity contribution in [1.82, 2.24) is 9.88 Å². The molecule has 2 aromatic carbocycles. The van der Waals surface area contributed by atoms with Crippen molar-refractivity contribution in [2.75, 3.05) is 6.61 Å². The molecule has 5 nitrogen and oxygen atoms in total. The van der Waals surface area contributed by atoms with Crippen LogP contribution in [-0.4, -0.2) is 33.7 Å². The van der Waals surface area contributed by atoms with E-state index in [2.05, 4.69) is 4.98 Å². The van der Waals surface area contributed by atoms with Gasteiger partial charge in [-0.2, -0.15) is 26.3 Å². The summed E-state index contributed by atoms with van der Waals surface area (Å²) in [5.41, 5.74) is -1.21. The number of ether oxygens (including phenoxy) is 1. The fourth-order valence-corrected chi connectivity index (χ4v) is 5.02. The number of aliphatic hydroxyl groups excluding tert-OH is 1. The topological polar surface area (TPSA) is 62.7 Å². The van der Waals surface area contributed by atoms with E-state index in [-0.39, 0.29) is 37.1 Å². The number of carbonyl (C=O) groups excluding carboxylic acids is 1. The van der Waals surface area contributed by atoms with Gasteiger partial charge in [0.05, 0.1) is 29.4 Å². The number of amides is 1. The number of nitrogens with zero attached hydrogens (tertiary/aromatic N) is 2. The van der Waals surface area contributed by atoms with Crippen LogP contribution in [0.4, 0.5) is 35.5 Å². The monoisotopic (exact) mass is 582 g/mol. The molecule has 0 radical (unpaired) electrons. The Balaban J connectivity index is 1.51. The van der Waals surface area contributed by atoms with Crippen molar-refractivity contribution in [3.63, 3.8) is 0 Å². The molecule has 218 valence electrons. The van der Waals surface area contributed by atoms with Crippen molar-refractivity contribution in [1.29, 1.82) is 0 Å². The van der Waals surface area contributed by atoms with Gasteiger partial charge in [-0.05, 0) is 73.7 Å². The highest BCUT2D eigenvalue weighted by Gasteiger charge is 2.43. The second-order valence-corrected chi connectivity index (χ2v) is 10.3. The Bertz CT molecular complexity index is 1440. The number of alkyl halides is 6. The van der Waals surface area contributed by atoms with Crippen molar-refractivity contribution in [2.45, 2.75) is 63.1 Å². The SMILES string of the molecule is CC1C(c2cc(C(F)(F)F)cc(C(F)(F)F)c2)OC(=O)N1Cc1nc(C2CC2)ccc1-c1cc(CCO)ccc1F. The number of aliphatic hydroxyl groups is 1. The fourth-order valence-electron chi connectivity index (χ4n) is 5.02. The van der Waals surface area contributed by atoms with Crippen LogP contribution in [0.2, 0.25) is 0 Å². The third kappa shape index (κ3) is 6.02. The minimum Gasteiger partial charge on any atom is -0.439 e. The molecule has 1 aromatic heterocycles. The van der Waals surface area contributed by atoms with E-state index in [1.54, 1.807) is 18.2 Å². The van der Waals surface area contributed by atoms with Crippen molar-refractivity contribution >= 4 is 6.09 Å². The molecule has 5 rings (SSSR count). The molecule has 2 atom stereocenters. The summed E-state index contributed by atoms with van der Waals surface area (Å²) in [4.78, 5) is 18.8. The van der Waals surface area contributed by atoms with E-state index in [1.807, 2.05) is 0 Å². The lowest BCUT2D eigenvalue weighted by Crippen LogP contribution is -2.32. The number of pyridine rings is 1. The average molecular weight is 583 g/mol. The summed E-state index contributed by atoms with van der Waals surface area (Å²) in [6, 6.07) is 7.95. The van der Waals surface area contributed by atoms with E-state index < -0.39 is 53.1 Å². The van der Waals surface area contributed by atoms with Gasteiger partial charge in [0.25, 0.3) is 0 Å². The molecule has 2 fully saturated rings. The summed E-state index contributed by atoms with van der Waals surface area (Å²) in [6.45, 7) is 1.08. The molecule has 2 aliphatic rings. The number of benzene rings is 2. The molecular formula is C29H25F7N2O3. The molecule has 1 N–H and O–H groups in total. The smallest absolute Gasteiger partial charge is 0.416 e. The number of hydrogen-bond donors (Lipinski definition) is 1.